The van der Waals surface area contributed by atoms with Gasteiger partial charge in [-0.2, -0.15) is 4.39 Å². The number of benzene rings is 1. The predicted molar refractivity (Wildman–Crippen MR) is 144 cm³/mol. The van der Waals surface area contributed by atoms with Gasteiger partial charge in [0.05, 0.1) is 11.3 Å². The molecule has 0 aliphatic carbocycles. The van der Waals surface area contributed by atoms with Crippen LogP contribution in [0.4, 0.5) is 29.2 Å². The van der Waals surface area contributed by atoms with E-state index in [4.69, 9.17) is 9.26 Å². The van der Waals surface area contributed by atoms with Crippen LogP contribution in [0.3, 0.4) is 0 Å². The van der Waals surface area contributed by atoms with Crippen molar-refractivity contribution in [3.8, 4) is 22.9 Å². The van der Waals surface area contributed by atoms with Crippen LogP contribution < -0.4 is 20.1 Å². The molecule has 1 saturated heterocycles. The number of aromatic nitrogens is 4. The van der Waals surface area contributed by atoms with Crippen LogP contribution in [0.2, 0.25) is 0 Å². The summed E-state index contributed by atoms with van der Waals surface area (Å²) < 4.78 is 96.1. The number of aryl methyl sites for hydroxylation is 1. The number of piperidine rings is 1. The summed E-state index contributed by atoms with van der Waals surface area (Å²) in [6.45, 7) is 3.76. The van der Waals surface area contributed by atoms with Crippen molar-refractivity contribution in [1.82, 2.24) is 25.4 Å². The molecule has 4 heterocycles. The van der Waals surface area contributed by atoms with Gasteiger partial charge >= 0.3 is 0 Å². The SMILES string of the molecule is Cc1cc(CS(=O)(=O)Nc2c(F)cc(Oc3ncccc3-c3ccnc(N[C@@H]4CNC[C@@](C)(F)C4)n3)c(F)c2F)no1. The van der Waals surface area contributed by atoms with Crippen LogP contribution in [0.5, 0.6) is 11.6 Å². The fourth-order valence-corrected chi connectivity index (χ4v) is 5.51. The summed E-state index contributed by atoms with van der Waals surface area (Å²) in [6, 6.07) is 6.13. The maximum Gasteiger partial charge on any atom is 0.238 e. The third kappa shape index (κ3) is 6.76. The van der Waals surface area contributed by atoms with Crippen LogP contribution in [-0.4, -0.2) is 53.3 Å². The number of hydrogen-bond donors (Lipinski definition) is 3. The van der Waals surface area contributed by atoms with Gasteiger partial charge in [0.2, 0.25) is 27.7 Å². The standard InChI is InChI=1S/C26H25F4N7O4S/c1-14-8-15(36-41-14)12-42(38,39)37-23-18(27)9-20(21(28)22(23)29)40-24-17(4-3-6-32-24)19-5-7-33-25(35-19)34-16-10-26(2,30)13-31-11-16/h3-9,16,31,37H,10-13H2,1-2H3,(H,33,34,35)/t16-,26-/m0/s1. The first-order valence-corrected chi connectivity index (χ1v) is 14.3. The topological polar surface area (TPSA) is 144 Å². The van der Waals surface area contributed by atoms with Crippen LogP contribution in [0, 0.1) is 24.4 Å². The average Bonchev–Trinajstić information content (AvgIpc) is 3.33. The minimum absolute atomic E-state index is 0.0108. The van der Waals surface area contributed by atoms with E-state index in [2.05, 4.69) is 30.7 Å². The Hall–Kier alpha value is -4.31. The Morgan fingerprint density at radius 1 is 1.17 bits per heavy atom. The Kier molecular flexibility index (Phi) is 8.01. The van der Waals surface area contributed by atoms with Crippen molar-refractivity contribution in [3.05, 3.63) is 71.6 Å². The molecule has 11 nitrogen and oxygen atoms in total. The number of rotatable bonds is 9. The van der Waals surface area contributed by atoms with E-state index < -0.39 is 50.3 Å². The highest BCUT2D eigenvalue weighted by Crippen LogP contribution is 2.36. The molecule has 0 bridgehead atoms. The Morgan fingerprint density at radius 3 is 2.71 bits per heavy atom. The van der Waals surface area contributed by atoms with Crippen molar-refractivity contribution in [2.24, 2.45) is 0 Å². The second-order valence-corrected chi connectivity index (χ2v) is 11.7. The van der Waals surface area contributed by atoms with Crippen LogP contribution in [0.15, 0.2) is 47.2 Å². The number of sulfonamides is 1. The first kappa shape index (κ1) is 29.2. The zero-order chi connectivity index (χ0) is 30.1. The molecule has 1 fully saturated rings. The normalized spacial score (nSPS) is 19.0. The van der Waals surface area contributed by atoms with Crippen molar-refractivity contribution in [2.75, 3.05) is 23.1 Å². The van der Waals surface area contributed by atoms with E-state index in [1.165, 1.54) is 44.4 Å². The van der Waals surface area contributed by atoms with Gasteiger partial charge in [-0.15, -0.1) is 0 Å². The fourth-order valence-electron chi connectivity index (χ4n) is 4.41. The zero-order valence-electron chi connectivity index (χ0n) is 22.3. The lowest BCUT2D eigenvalue weighted by atomic mass is 9.95. The van der Waals surface area contributed by atoms with Gasteiger partial charge in [-0.05, 0) is 32.0 Å². The molecule has 0 radical (unpaired) electrons. The molecule has 222 valence electrons. The van der Waals surface area contributed by atoms with Gasteiger partial charge in [0.15, 0.2) is 17.4 Å². The summed E-state index contributed by atoms with van der Waals surface area (Å²) in [6.07, 6.45) is 2.98. The molecular weight excluding hydrogens is 582 g/mol. The van der Waals surface area contributed by atoms with E-state index in [9.17, 15) is 21.6 Å². The molecule has 5 rings (SSSR count). The minimum atomic E-state index is -4.39. The van der Waals surface area contributed by atoms with E-state index in [1.807, 2.05) is 0 Å². The third-order valence-electron chi connectivity index (χ3n) is 6.20. The number of hydrogen-bond acceptors (Lipinski definition) is 10. The number of nitrogens with one attached hydrogen (secondary N) is 3. The molecule has 0 unspecified atom stereocenters. The second-order valence-electron chi connectivity index (χ2n) is 9.96. The summed E-state index contributed by atoms with van der Waals surface area (Å²) >= 11 is 0. The lowest BCUT2D eigenvalue weighted by Crippen LogP contribution is -2.50. The molecule has 1 aromatic carbocycles. The maximum absolute atomic E-state index is 15.0. The number of nitrogens with zero attached hydrogens (tertiary/aromatic N) is 4. The zero-order valence-corrected chi connectivity index (χ0v) is 23.1. The van der Waals surface area contributed by atoms with Gasteiger partial charge in [0.25, 0.3) is 0 Å². The monoisotopic (exact) mass is 607 g/mol. The fraction of sp³-hybridized carbons (Fsp3) is 0.308. The highest BCUT2D eigenvalue weighted by Gasteiger charge is 2.32. The van der Waals surface area contributed by atoms with Crippen molar-refractivity contribution < 1.29 is 35.2 Å². The Morgan fingerprint density at radius 2 is 1.98 bits per heavy atom. The van der Waals surface area contributed by atoms with Gasteiger partial charge in [0, 0.05) is 50.1 Å². The van der Waals surface area contributed by atoms with Crippen LogP contribution in [0.25, 0.3) is 11.3 Å². The van der Waals surface area contributed by atoms with E-state index >= 15 is 4.39 Å². The first-order chi connectivity index (χ1) is 19.9. The lowest BCUT2D eigenvalue weighted by Gasteiger charge is -2.33. The molecule has 3 aromatic heterocycles. The van der Waals surface area contributed by atoms with Crippen molar-refractivity contribution >= 4 is 21.7 Å². The molecule has 0 saturated carbocycles. The number of halogens is 4. The van der Waals surface area contributed by atoms with Gasteiger partial charge in [-0.25, -0.2) is 36.5 Å². The Bertz CT molecular complexity index is 1720. The summed E-state index contributed by atoms with van der Waals surface area (Å²) in [5.74, 6) is -6.29. The first-order valence-electron chi connectivity index (χ1n) is 12.6. The maximum atomic E-state index is 15.0. The molecule has 42 heavy (non-hydrogen) atoms. The molecule has 3 N–H and O–H groups in total. The van der Waals surface area contributed by atoms with Gasteiger partial charge in [0.1, 0.15) is 28.6 Å². The molecule has 0 spiro atoms. The van der Waals surface area contributed by atoms with Gasteiger partial charge < -0.3 is 19.9 Å². The third-order valence-corrected chi connectivity index (χ3v) is 7.39. The predicted octanol–water partition coefficient (Wildman–Crippen LogP) is 4.49. The molecule has 1 aliphatic heterocycles. The number of pyridine rings is 1. The summed E-state index contributed by atoms with van der Waals surface area (Å²) in [5, 5.41) is 9.60. The molecular formula is C26H25F4N7O4S. The van der Waals surface area contributed by atoms with Crippen LogP contribution >= 0.6 is 0 Å². The quantitative estimate of drug-likeness (QED) is 0.184. The van der Waals surface area contributed by atoms with E-state index in [1.54, 1.807) is 10.8 Å². The van der Waals surface area contributed by atoms with Crippen molar-refractivity contribution in [2.45, 2.75) is 37.7 Å². The van der Waals surface area contributed by atoms with Crippen molar-refractivity contribution in [1.29, 1.82) is 0 Å². The smallest absolute Gasteiger partial charge is 0.238 e. The highest BCUT2D eigenvalue weighted by atomic mass is 32.2. The number of alkyl halides is 1. The summed E-state index contributed by atoms with van der Waals surface area (Å²) in [4.78, 5) is 12.6. The van der Waals surface area contributed by atoms with Gasteiger partial charge in [-0.3, -0.25) is 4.72 Å². The van der Waals surface area contributed by atoms with Crippen molar-refractivity contribution in [3.63, 3.8) is 0 Å². The molecule has 1 aliphatic rings. The average molecular weight is 608 g/mol. The summed E-state index contributed by atoms with van der Waals surface area (Å²) in [5.41, 5.74) is -2.14. The van der Waals surface area contributed by atoms with Crippen LogP contribution in [-0.2, 0) is 15.8 Å². The van der Waals surface area contributed by atoms with Crippen LogP contribution in [0.1, 0.15) is 24.8 Å². The van der Waals surface area contributed by atoms with E-state index in [0.717, 1.165) is 0 Å². The number of ether oxygens (including phenoxy) is 1. The molecule has 0 amide bonds. The number of anilines is 2. The Balaban J connectivity index is 1.37. The second kappa shape index (κ2) is 11.5. The summed E-state index contributed by atoms with van der Waals surface area (Å²) in [7, 11) is -4.39. The van der Waals surface area contributed by atoms with E-state index in [-0.39, 0.29) is 47.8 Å². The lowest BCUT2D eigenvalue weighted by molar-refractivity contribution is 0.137. The Labute approximate surface area is 237 Å². The van der Waals surface area contributed by atoms with Gasteiger partial charge in [-0.1, -0.05) is 5.16 Å². The largest absolute Gasteiger partial charge is 0.435 e. The minimum Gasteiger partial charge on any atom is -0.435 e. The van der Waals surface area contributed by atoms with E-state index in [0.29, 0.717) is 18.4 Å². The molecule has 16 heteroatoms. The molecule has 4 aromatic rings. The molecule has 2 atom stereocenters. The highest BCUT2D eigenvalue weighted by molar-refractivity contribution is 7.91.